The van der Waals surface area contributed by atoms with Crippen molar-refractivity contribution in [2.24, 2.45) is 0 Å². The molecular weight excluding hydrogens is 393 g/mol. The second kappa shape index (κ2) is 7.17. The van der Waals surface area contributed by atoms with Gasteiger partial charge < -0.3 is 15.2 Å². The normalized spacial score (nSPS) is 16.0. The highest BCUT2D eigenvalue weighted by molar-refractivity contribution is 6.42. The summed E-state index contributed by atoms with van der Waals surface area (Å²) < 4.78 is 5.11. The van der Waals surface area contributed by atoms with Crippen LogP contribution in [0.25, 0.3) is 5.76 Å². The molecule has 2 N–H and O–H groups in total. The Kier molecular flexibility index (Phi) is 5.64. The van der Waals surface area contributed by atoms with E-state index in [0.29, 0.717) is 5.56 Å². The third-order valence-electron chi connectivity index (χ3n) is 4.06. The molecule has 0 aromatic heterocycles. The zero-order valence-electron chi connectivity index (χ0n) is 15.7. The summed E-state index contributed by atoms with van der Waals surface area (Å²) in [6.07, 6.45) is 0. The molecule has 1 aromatic rings. The van der Waals surface area contributed by atoms with E-state index in [-0.39, 0.29) is 15.6 Å². The van der Waals surface area contributed by atoms with Gasteiger partial charge in [-0.2, -0.15) is 0 Å². The van der Waals surface area contributed by atoms with E-state index < -0.39 is 46.6 Å². The highest BCUT2D eigenvalue weighted by Crippen LogP contribution is 2.42. The van der Waals surface area contributed by atoms with Crippen LogP contribution in [0, 0.1) is 0 Å². The van der Waals surface area contributed by atoms with Gasteiger partial charge in [0.1, 0.15) is 23.5 Å². The number of hydrogen-bond acceptors (Lipinski definition) is 5. The number of ketones is 1. The Morgan fingerprint density at radius 1 is 1.19 bits per heavy atom. The minimum Gasteiger partial charge on any atom is -0.506 e. The zero-order valence-corrected chi connectivity index (χ0v) is 17.2. The van der Waals surface area contributed by atoms with Crippen LogP contribution in [-0.4, -0.2) is 34.9 Å². The van der Waals surface area contributed by atoms with Gasteiger partial charge >= 0.3 is 5.97 Å². The number of esters is 1. The Balaban J connectivity index is 2.37. The fourth-order valence-electron chi connectivity index (χ4n) is 2.77. The van der Waals surface area contributed by atoms with Crippen LogP contribution >= 0.6 is 23.2 Å². The van der Waals surface area contributed by atoms with Crippen molar-refractivity contribution in [2.75, 3.05) is 6.54 Å². The molecule has 0 radical (unpaired) electrons. The van der Waals surface area contributed by atoms with Gasteiger partial charge in [-0.1, -0.05) is 23.2 Å². The maximum Gasteiger partial charge on any atom is 0.325 e. The molecule has 8 heteroatoms. The molecule has 27 heavy (non-hydrogen) atoms. The lowest BCUT2D eigenvalue weighted by atomic mass is 9.71. The van der Waals surface area contributed by atoms with E-state index in [1.807, 2.05) is 0 Å². The van der Waals surface area contributed by atoms with Crippen LogP contribution in [0.2, 0.25) is 10.0 Å². The van der Waals surface area contributed by atoms with Crippen molar-refractivity contribution in [1.82, 2.24) is 5.32 Å². The molecule has 0 saturated carbocycles. The molecule has 0 bridgehead atoms. The van der Waals surface area contributed by atoms with Crippen molar-refractivity contribution in [3.05, 3.63) is 38.9 Å². The Morgan fingerprint density at radius 3 is 2.30 bits per heavy atom. The van der Waals surface area contributed by atoms with Gasteiger partial charge in [0, 0.05) is 5.56 Å². The van der Waals surface area contributed by atoms with Crippen molar-refractivity contribution < 1.29 is 24.2 Å². The van der Waals surface area contributed by atoms with E-state index in [2.05, 4.69) is 5.32 Å². The lowest BCUT2D eigenvalue weighted by molar-refractivity contribution is -0.154. The highest BCUT2D eigenvalue weighted by Gasteiger charge is 2.43. The quantitative estimate of drug-likeness (QED) is 0.583. The third kappa shape index (κ3) is 4.28. The number of rotatable bonds is 3. The maximum absolute atomic E-state index is 12.9. The summed E-state index contributed by atoms with van der Waals surface area (Å²) in [6.45, 7) is 7.88. The number of ether oxygens (including phenoxy) is 1. The number of hydrogen-bond donors (Lipinski definition) is 2. The summed E-state index contributed by atoms with van der Waals surface area (Å²) in [5.41, 5.74) is -1.55. The van der Waals surface area contributed by atoms with Crippen LogP contribution in [0.4, 0.5) is 0 Å². The minimum absolute atomic E-state index is 0.181. The van der Waals surface area contributed by atoms with Crippen molar-refractivity contribution in [1.29, 1.82) is 0 Å². The van der Waals surface area contributed by atoms with Gasteiger partial charge in [-0.15, -0.1) is 0 Å². The number of fused-ring (bicyclic) bond motifs is 1. The predicted octanol–water partition coefficient (Wildman–Crippen LogP) is 3.58. The molecule has 146 valence electrons. The number of aliphatic hydroxyl groups is 1. The number of aliphatic hydroxyl groups excluding tert-OH is 1. The first kappa shape index (κ1) is 21.3. The fraction of sp³-hybridized carbons (Fsp3) is 0.421. The Morgan fingerprint density at radius 2 is 1.74 bits per heavy atom. The Hall–Kier alpha value is -2.05. The molecule has 1 aliphatic rings. The number of amides is 1. The molecule has 2 rings (SSSR count). The van der Waals surface area contributed by atoms with Crippen LogP contribution in [0.1, 0.15) is 45.7 Å². The molecule has 0 aliphatic heterocycles. The summed E-state index contributed by atoms with van der Waals surface area (Å²) >= 11 is 12.1. The van der Waals surface area contributed by atoms with Gasteiger partial charge in [0.15, 0.2) is 5.78 Å². The van der Waals surface area contributed by atoms with E-state index in [9.17, 15) is 19.5 Å². The number of halogens is 2. The Bertz CT molecular complexity index is 866. The molecular formula is C19H21Cl2NO5. The second-order valence-corrected chi connectivity index (χ2v) is 8.57. The first-order valence-corrected chi connectivity index (χ1v) is 8.99. The minimum atomic E-state index is -1.12. The lowest BCUT2D eigenvalue weighted by Crippen LogP contribution is -2.43. The molecule has 0 atom stereocenters. The van der Waals surface area contributed by atoms with Gasteiger partial charge in [0.05, 0.1) is 15.5 Å². The number of nitrogens with one attached hydrogen (secondary N) is 1. The van der Waals surface area contributed by atoms with Gasteiger partial charge in [-0.3, -0.25) is 14.4 Å². The number of carbonyl (C=O) groups is 3. The van der Waals surface area contributed by atoms with Gasteiger partial charge in [-0.05, 0) is 52.3 Å². The largest absolute Gasteiger partial charge is 0.506 e. The summed E-state index contributed by atoms with van der Waals surface area (Å²) in [7, 11) is 0. The molecule has 0 fully saturated rings. The SMILES string of the molecule is CC(C)(C)OC(=O)CNC(=O)C1=C(O)c2cc(Cl)c(Cl)cc2C(C)(C)C1=O. The molecule has 0 spiro atoms. The van der Waals surface area contributed by atoms with Crippen LogP contribution in [-0.2, 0) is 24.5 Å². The topological polar surface area (TPSA) is 92.7 Å². The summed E-state index contributed by atoms with van der Waals surface area (Å²) in [4.78, 5) is 37.2. The first-order valence-electron chi connectivity index (χ1n) is 8.23. The molecule has 1 aromatic carbocycles. The van der Waals surface area contributed by atoms with Crippen molar-refractivity contribution in [2.45, 2.75) is 45.6 Å². The van der Waals surface area contributed by atoms with Crippen LogP contribution in [0.15, 0.2) is 17.7 Å². The smallest absolute Gasteiger partial charge is 0.325 e. The predicted molar refractivity (Wildman–Crippen MR) is 103 cm³/mol. The van der Waals surface area contributed by atoms with Crippen molar-refractivity contribution in [3.63, 3.8) is 0 Å². The van der Waals surface area contributed by atoms with Crippen LogP contribution < -0.4 is 5.32 Å². The Labute approximate surface area is 167 Å². The number of carbonyl (C=O) groups excluding carboxylic acids is 3. The third-order valence-corrected chi connectivity index (χ3v) is 4.78. The molecule has 0 saturated heterocycles. The molecule has 1 amide bonds. The van der Waals surface area contributed by atoms with E-state index in [4.69, 9.17) is 27.9 Å². The van der Waals surface area contributed by atoms with Gasteiger partial charge in [-0.25, -0.2) is 0 Å². The highest BCUT2D eigenvalue weighted by atomic mass is 35.5. The molecule has 1 aliphatic carbocycles. The van der Waals surface area contributed by atoms with Crippen LogP contribution in [0.5, 0.6) is 0 Å². The van der Waals surface area contributed by atoms with Gasteiger partial charge in [0.2, 0.25) is 0 Å². The van der Waals surface area contributed by atoms with Gasteiger partial charge in [0.25, 0.3) is 5.91 Å². The standard InChI is InChI=1S/C19H21Cl2NO5/c1-18(2,3)27-13(23)8-22-17(26)14-15(24)9-6-11(20)12(21)7-10(9)19(4,5)16(14)25/h6-7,24H,8H2,1-5H3,(H,22,26). The number of benzene rings is 1. The van der Waals surface area contributed by atoms with E-state index in [1.165, 1.54) is 12.1 Å². The first-order chi connectivity index (χ1) is 12.3. The summed E-state index contributed by atoms with van der Waals surface area (Å²) in [6, 6.07) is 2.91. The van der Waals surface area contributed by atoms with Crippen molar-refractivity contribution >= 4 is 46.6 Å². The maximum atomic E-state index is 12.9. The monoisotopic (exact) mass is 413 g/mol. The molecule has 0 unspecified atom stereocenters. The zero-order chi connectivity index (χ0) is 20.7. The van der Waals surface area contributed by atoms with E-state index >= 15 is 0 Å². The van der Waals surface area contributed by atoms with Crippen LogP contribution in [0.3, 0.4) is 0 Å². The second-order valence-electron chi connectivity index (χ2n) is 7.76. The average molecular weight is 414 g/mol. The van der Waals surface area contributed by atoms with E-state index in [0.717, 1.165) is 0 Å². The molecule has 0 heterocycles. The van der Waals surface area contributed by atoms with E-state index in [1.54, 1.807) is 34.6 Å². The summed E-state index contributed by atoms with van der Waals surface area (Å²) in [5.74, 6) is -2.62. The number of Topliss-reactive ketones (excluding diaryl/α,β-unsaturated/α-hetero) is 1. The lowest BCUT2D eigenvalue weighted by Gasteiger charge is -2.32. The van der Waals surface area contributed by atoms with Crippen molar-refractivity contribution in [3.8, 4) is 0 Å². The fourth-order valence-corrected chi connectivity index (χ4v) is 3.09. The summed E-state index contributed by atoms with van der Waals surface area (Å²) in [5, 5.41) is 13.3. The molecule has 6 nitrogen and oxygen atoms in total. The average Bonchev–Trinajstić information content (AvgIpc) is 2.52.